The minimum atomic E-state index is 0.0352. The predicted octanol–water partition coefficient (Wildman–Crippen LogP) is 36.9. The number of hydrogen-bond donors (Lipinski definition) is 0. The van der Waals surface area contributed by atoms with Crippen LogP contribution in [0.1, 0.15) is 22.3 Å². The van der Waals surface area contributed by atoms with Crippen molar-refractivity contribution in [2.45, 2.75) is 27.7 Å². The van der Waals surface area contributed by atoms with Gasteiger partial charge in [0.15, 0.2) is 0 Å². The summed E-state index contributed by atoms with van der Waals surface area (Å²) in [6.45, 7) is 8.61. The van der Waals surface area contributed by atoms with Crippen LogP contribution in [0, 0.1) is 27.7 Å². The van der Waals surface area contributed by atoms with Crippen molar-refractivity contribution in [2.24, 2.45) is 0 Å². The number of aryl methyl sites for hydroxylation is 4. The first-order valence-corrected chi connectivity index (χ1v) is 50.4. The van der Waals surface area contributed by atoms with E-state index in [1.54, 1.807) is 0 Å². The fourth-order valence-electron chi connectivity index (χ4n) is 22.1. The van der Waals surface area contributed by atoms with Gasteiger partial charge >= 0.3 is 0 Å². The molecule has 0 unspecified atom stereocenters. The fourth-order valence-corrected chi connectivity index (χ4v) is 22.1. The number of anilines is 21. The molecule has 2 heterocycles. The lowest BCUT2D eigenvalue weighted by Gasteiger charge is -2.44. The van der Waals surface area contributed by atoms with E-state index in [1.807, 2.05) is 0 Å². The minimum Gasteiger partial charge on any atom is -0.311 e. The Morgan fingerprint density at radius 3 is 0.705 bits per heavy atom. The van der Waals surface area contributed by atoms with Crippen LogP contribution in [0.3, 0.4) is 0 Å². The van der Waals surface area contributed by atoms with Crippen molar-refractivity contribution in [2.75, 3.05) is 34.3 Å². The van der Waals surface area contributed by atoms with Crippen LogP contribution >= 0.6 is 0 Å². The van der Waals surface area contributed by atoms with Gasteiger partial charge in [0.25, 0.3) is 6.71 Å². The summed E-state index contributed by atoms with van der Waals surface area (Å²) in [5.74, 6) is 0. The monoisotopic (exact) mass is 1870 g/mol. The smallest absolute Gasteiger partial charge is 0.252 e. The molecule has 0 atom stereocenters. The van der Waals surface area contributed by atoms with Gasteiger partial charge in [-0.15, -0.1) is 0 Å². The van der Waals surface area contributed by atoms with Gasteiger partial charge in [-0.05, 0) is 310 Å². The summed E-state index contributed by atoms with van der Waals surface area (Å²) in [6, 6.07) is 198. The Bertz CT molecular complexity index is 8450. The highest BCUT2D eigenvalue weighted by molar-refractivity contribution is 7.00. The Labute approximate surface area is 853 Å². The second kappa shape index (κ2) is 38.3. The number of hydrogen-bond acceptors (Lipinski definition) is 7. The first-order chi connectivity index (χ1) is 72.1. The molecule has 0 amide bonds. The number of fused-ring (bicyclic) bond motifs is 4. The van der Waals surface area contributed by atoms with Gasteiger partial charge in [-0.3, -0.25) is 0 Å². The third-order valence-electron chi connectivity index (χ3n) is 29.1. The van der Waals surface area contributed by atoms with Crippen LogP contribution in [0.2, 0.25) is 0 Å². The molecule has 7 nitrogen and oxygen atoms in total. The molecule has 0 bridgehead atoms. The standard InChI is InChI=1S/C54H38BN3.C44H36N2.C40H28N2/c1-5-16-39(17-6-1)41-28-32-45(33-29-41)57-50-25-14-13-24-48(50)55-49-37-36-47(56(43-20-9-3-10-21-43)44-22-11-4-12-23-44)38-53(49)58(52-27-15-26-51(57)54(52)55)46-34-30-42(31-35-46)40-18-7-2-8-19-40;1-29-5-17-35(18-6-29)45(36-19-7-30(2)8-20-36)41-27-15-33-14-26-40-42(28-16-34-13-25-39(41)43(33)44(34)40)46(37-21-9-31(3)10-22-37)38-23-11-32(4)12-24-38;1-5-13-31(14-6-1)41(32-15-7-2-8-16-32)37-27-23-29-22-26-36-38(28-24-30-21-25-35(37)39(29)40(30)36)42(33-17-9-3-10-18-33)34-19-11-4-12-20-34/h1-38H;5-28H,1-4H3;1-28H. The van der Waals surface area contributed by atoms with Gasteiger partial charge in [-0.1, -0.05) is 368 Å². The van der Waals surface area contributed by atoms with Crippen molar-refractivity contribution in [1.82, 2.24) is 0 Å². The normalized spacial score (nSPS) is 11.8. The molecule has 0 radical (unpaired) electrons. The average molecular weight is 1870 g/mol. The maximum atomic E-state index is 2.49. The highest BCUT2D eigenvalue weighted by Crippen LogP contribution is 2.53. The van der Waals surface area contributed by atoms with Gasteiger partial charge in [0.1, 0.15) is 0 Å². The maximum Gasteiger partial charge on any atom is 0.252 e. The summed E-state index contributed by atoms with van der Waals surface area (Å²) in [7, 11) is 0. The van der Waals surface area contributed by atoms with Gasteiger partial charge in [0.05, 0.1) is 22.7 Å². The first-order valence-electron chi connectivity index (χ1n) is 50.4. The van der Waals surface area contributed by atoms with E-state index in [0.717, 1.165) is 73.9 Å². The molecule has 2 aliphatic rings. The number of para-hydroxylation sites is 7. The van der Waals surface area contributed by atoms with Crippen LogP contribution < -0.4 is 50.7 Å². The average Bonchev–Trinajstić information content (AvgIpc) is 0.696. The third-order valence-corrected chi connectivity index (χ3v) is 29.1. The first kappa shape index (κ1) is 88.7. The zero-order chi connectivity index (χ0) is 97.7. The molecule has 0 saturated heterocycles. The minimum absolute atomic E-state index is 0.0352. The molecule has 25 aromatic carbocycles. The topological polar surface area (TPSA) is 22.7 Å². The van der Waals surface area contributed by atoms with E-state index in [4.69, 9.17) is 0 Å². The summed E-state index contributed by atoms with van der Waals surface area (Å²) < 4.78 is 0. The van der Waals surface area contributed by atoms with Crippen molar-refractivity contribution in [3.63, 3.8) is 0 Å². The second-order valence-corrected chi connectivity index (χ2v) is 38.2. The van der Waals surface area contributed by atoms with Crippen molar-refractivity contribution in [1.29, 1.82) is 0 Å². The fraction of sp³-hybridized carbons (Fsp3) is 0.0290. The summed E-state index contributed by atoms with van der Waals surface area (Å²) in [5, 5.41) is 15.1. The van der Waals surface area contributed by atoms with E-state index in [-0.39, 0.29) is 6.71 Å². The Balaban J connectivity index is 0.000000116. The lowest BCUT2D eigenvalue weighted by Crippen LogP contribution is -2.61. The second-order valence-electron chi connectivity index (χ2n) is 38.2. The largest absolute Gasteiger partial charge is 0.311 e. The van der Waals surface area contributed by atoms with Crippen molar-refractivity contribution in [3.8, 4) is 22.3 Å². The molecule has 0 N–H and O–H groups in total. The van der Waals surface area contributed by atoms with Gasteiger partial charge in [-0.2, -0.15) is 0 Å². The number of nitrogens with zero attached hydrogens (tertiary/aromatic N) is 7. The van der Waals surface area contributed by atoms with Gasteiger partial charge < -0.3 is 34.3 Å². The highest BCUT2D eigenvalue weighted by atomic mass is 15.2. The Morgan fingerprint density at radius 2 is 0.397 bits per heavy atom. The summed E-state index contributed by atoms with van der Waals surface area (Å²) >= 11 is 0. The highest BCUT2D eigenvalue weighted by Gasteiger charge is 2.44. The number of benzene rings is 25. The molecular formula is C138H102BN7. The van der Waals surface area contributed by atoms with Gasteiger partial charge in [0, 0.05) is 118 Å². The van der Waals surface area contributed by atoms with Crippen LogP contribution in [0.25, 0.3) is 86.9 Å². The van der Waals surface area contributed by atoms with Gasteiger partial charge in [0.2, 0.25) is 0 Å². The molecule has 27 rings (SSSR count). The quantitative estimate of drug-likeness (QED) is 0.0587. The van der Waals surface area contributed by atoms with Crippen molar-refractivity contribution in [3.05, 3.63) is 568 Å². The summed E-state index contributed by atoms with van der Waals surface area (Å²) in [6.07, 6.45) is 0. The Kier molecular flexibility index (Phi) is 23.3. The van der Waals surface area contributed by atoms with Crippen LogP contribution in [0.4, 0.5) is 119 Å². The molecule has 2 aliphatic heterocycles. The summed E-state index contributed by atoms with van der Waals surface area (Å²) in [5.41, 5.74) is 37.9. The van der Waals surface area contributed by atoms with Crippen molar-refractivity contribution >= 4 is 207 Å². The third kappa shape index (κ3) is 16.4. The van der Waals surface area contributed by atoms with Crippen LogP contribution in [0.15, 0.2) is 546 Å². The molecule has 146 heavy (non-hydrogen) atoms. The zero-order valence-corrected chi connectivity index (χ0v) is 81.7. The molecule has 0 saturated carbocycles. The predicted molar refractivity (Wildman–Crippen MR) is 624 cm³/mol. The number of rotatable bonds is 19. The van der Waals surface area contributed by atoms with E-state index in [9.17, 15) is 0 Å². The molecular weight excluding hydrogens is 1770 g/mol. The lowest BCUT2D eigenvalue weighted by atomic mass is 9.33. The zero-order valence-electron chi connectivity index (χ0n) is 81.7. The molecule has 0 aliphatic carbocycles. The Morgan fingerprint density at radius 1 is 0.164 bits per heavy atom. The van der Waals surface area contributed by atoms with Gasteiger partial charge in [-0.25, -0.2) is 0 Å². The van der Waals surface area contributed by atoms with E-state index in [0.29, 0.717) is 0 Å². The van der Waals surface area contributed by atoms with Crippen LogP contribution in [0.5, 0.6) is 0 Å². The van der Waals surface area contributed by atoms with Crippen LogP contribution in [-0.2, 0) is 0 Å². The molecule has 0 aromatic heterocycles. The van der Waals surface area contributed by atoms with E-state index >= 15 is 0 Å². The lowest BCUT2D eigenvalue weighted by molar-refractivity contribution is 1.24. The van der Waals surface area contributed by atoms with E-state index in [2.05, 4.69) is 608 Å². The molecule has 692 valence electrons. The summed E-state index contributed by atoms with van der Waals surface area (Å²) in [4.78, 5) is 16.8. The van der Waals surface area contributed by atoms with Crippen molar-refractivity contribution < 1.29 is 0 Å². The van der Waals surface area contributed by atoms with Crippen LogP contribution in [-0.4, -0.2) is 6.71 Å². The molecule has 25 aromatic rings. The maximum absolute atomic E-state index is 2.49. The van der Waals surface area contributed by atoms with E-state index < -0.39 is 0 Å². The Hall–Kier alpha value is -18.8. The molecule has 0 fully saturated rings. The molecule has 8 heteroatoms. The SMILES string of the molecule is Cc1ccc(N(c2ccc(C)cc2)c2ccc3ccc4c(N(c5ccc(C)cc5)c5ccc(C)cc5)ccc5ccc2c3c54)cc1.c1ccc(-c2ccc(N3c4ccccc4B4c5ccc(N(c6ccccc6)c6ccccc6)cc5N(c5ccc(-c6ccccc6)cc5)c5cccc3c54)cc2)cc1.c1ccc(N(c2ccccc2)c2ccc3ccc4c(N(c5ccccc5)c5ccccc5)ccc5ccc2c3c54)cc1. The van der Waals surface area contributed by atoms with E-state index in [1.165, 1.54) is 171 Å². The molecule has 0 spiro atoms.